The number of carboxylic acid groups (broad SMARTS) is 1. The van der Waals surface area contributed by atoms with Crippen molar-refractivity contribution < 1.29 is 24.4 Å². The lowest BCUT2D eigenvalue weighted by molar-refractivity contribution is -0.384. The maximum absolute atomic E-state index is 11.9. The van der Waals surface area contributed by atoms with E-state index in [1.165, 1.54) is 12.1 Å². The summed E-state index contributed by atoms with van der Waals surface area (Å²) in [5.74, 6) is -2.17. The third-order valence-electron chi connectivity index (χ3n) is 3.67. The first-order valence-corrected chi connectivity index (χ1v) is 6.12. The minimum absolute atomic E-state index is 0.0557. The highest BCUT2D eigenvalue weighted by atomic mass is 16.6. The van der Waals surface area contributed by atoms with Crippen molar-refractivity contribution >= 4 is 23.3 Å². The van der Waals surface area contributed by atoms with Gasteiger partial charge in [0.2, 0.25) is 0 Å². The maximum atomic E-state index is 11.9. The summed E-state index contributed by atoms with van der Waals surface area (Å²) in [6, 6.07) is 4.20. The van der Waals surface area contributed by atoms with Gasteiger partial charge in [0.05, 0.1) is 12.0 Å². The van der Waals surface area contributed by atoms with Gasteiger partial charge in [0.15, 0.2) is 5.41 Å². The van der Waals surface area contributed by atoms with Crippen LogP contribution >= 0.6 is 0 Å². The zero-order valence-electron chi connectivity index (χ0n) is 11.5. The summed E-state index contributed by atoms with van der Waals surface area (Å²) >= 11 is 0. The van der Waals surface area contributed by atoms with Crippen LogP contribution in [0, 0.1) is 15.5 Å². The molecule has 0 radical (unpaired) electrons. The number of esters is 1. The number of hydrogen-bond donors (Lipinski definition) is 1. The van der Waals surface area contributed by atoms with Crippen molar-refractivity contribution in [3.63, 3.8) is 0 Å². The molecule has 0 saturated carbocycles. The molecule has 2 rings (SSSR count). The molecular formula is C13H14N2O6. The molecule has 8 nitrogen and oxygen atoms in total. The minimum Gasteiger partial charge on any atom is -0.480 e. The Morgan fingerprint density at radius 3 is 2.67 bits per heavy atom. The molecule has 0 spiro atoms. The fourth-order valence-corrected chi connectivity index (χ4v) is 2.63. The standard InChI is InChI=1S/C13H14N2O6/c1-14-7-13(11(16)17,12(18)21-2)6-8-5-9(15(19)20)3-4-10(8)14/h3-5H,6-7H2,1-2H3,(H,16,17)/t13-/m0/s1. The van der Waals surface area contributed by atoms with Crippen LogP contribution in [0.3, 0.4) is 0 Å². The van der Waals surface area contributed by atoms with Gasteiger partial charge in [0, 0.05) is 37.8 Å². The van der Waals surface area contributed by atoms with Crippen molar-refractivity contribution in [2.24, 2.45) is 5.41 Å². The molecule has 0 fully saturated rings. The summed E-state index contributed by atoms with van der Waals surface area (Å²) in [6.45, 7) is -0.0557. The monoisotopic (exact) mass is 294 g/mol. The van der Waals surface area contributed by atoms with Gasteiger partial charge in [0.1, 0.15) is 0 Å². The number of nitro benzene ring substituents is 1. The molecule has 1 N–H and O–H groups in total. The van der Waals surface area contributed by atoms with E-state index in [0.717, 1.165) is 7.11 Å². The Bertz CT molecular complexity index is 629. The van der Waals surface area contributed by atoms with Crippen molar-refractivity contribution in [3.8, 4) is 0 Å². The number of nitro groups is 1. The average molecular weight is 294 g/mol. The highest BCUT2D eigenvalue weighted by molar-refractivity contribution is 6.01. The summed E-state index contributed by atoms with van der Waals surface area (Å²) in [7, 11) is 2.75. The van der Waals surface area contributed by atoms with Crippen molar-refractivity contribution in [1.29, 1.82) is 0 Å². The first-order chi connectivity index (χ1) is 9.81. The number of non-ortho nitro benzene ring substituents is 1. The van der Waals surface area contributed by atoms with Crippen LogP contribution in [-0.4, -0.2) is 42.7 Å². The summed E-state index contributed by atoms with van der Waals surface area (Å²) in [5, 5.41) is 20.3. The molecule has 0 unspecified atom stereocenters. The summed E-state index contributed by atoms with van der Waals surface area (Å²) in [5.41, 5.74) is -0.800. The van der Waals surface area contributed by atoms with E-state index in [4.69, 9.17) is 0 Å². The number of hydrogen-bond acceptors (Lipinski definition) is 6. The predicted molar refractivity (Wildman–Crippen MR) is 72.2 cm³/mol. The van der Waals surface area contributed by atoms with E-state index in [1.807, 2.05) is 0 Å². The van der Waals surface area contributed by atoms with E-state index in [9.17, 15) is 24.8 Å². The minimum atomic E-state index is -1.76. The van der Waals surface area contributed by atoms with E-state index in [-0.39, 0.29) is 18.7 Å². The number of methoxy groups -OCH3 is 1. The van der Waals surface area contributed by atoms with Crippen LogP contribution in [0.4, 0.5) is 11.4 Å². The average Bonchev–Trinajstić information content (AvgIpc) is 2.45. The molecule has 1 atom stereocenters. The molecule has 112 valence electrons. The molecule has 1 aromatic carbocycles. The van der Waals surface area contributed by atoms with E-state index < -0.39 is 22.3 Å². The van der Waals surface area contributed by atoms with Crippen LogP contribution in [0.25, 0.3) is 0 Å². The quantitative estimate of drug-likeness (QED) is 0.380. The van der Waals surface area contributed by atoms with Crippen LogP contribution < -0.4 is 4.90 Å². The predicted octanol–water partition coefficient (Wildman–Crippen LogP) is 0.831. The van der Waals surface area contributed by atoms with E-state index in [1.54, 1.807) is 18.0 Å². The van der Waals surface area contributed by atoms with Gasteiger partial charge < -0.3 is 14.7 Å². The third-order valence-corrected chi connectivity index (χ3v) is 3.67. The second kappa shape index (κ2) is 5.04. The van der Waals surface area contributed by atoms with Gasteiger partial charge in [-0.1, -0.05) is 0 Å². The van der Waals surface area contributed by atoms with Crippen molar-refractivity contribution in [3.05, 3.63) is 33.9 Å². The van der Waals surface area contributed by atoms with Crippen LogP contribution in [0.1, 0.15) is 5.56 Å². The number of anilines is 1. The normalized spacial score (nSPS) is 20.6. The Hall–Kier alpha value is -2.64. The smallest absolute Gasteiger partial charge is 0.325 e. The van der Waals surface area contributed by atoms with Gasteiger partial charge in [-0.05, 0) is 11.6 Å². The van der Waals surface area contributed by atoms with Gasteiger partial charge in [-0.3, -0.25) is 19.7 Å². The number of rotatable bonds is 3. The van der Waals surface area contributed by atoms with Crippen molar-refractivity contribution in [1.82, 2.24) is 0 Å². The van der Waals surface area contributed by atoms with Crippen LogP contribution in [0.5, 0.6) is 0 Å². The Morgan fingerprint density at radius 2 is 2.14 bits per heavy atom. The fourth-order valence-electron chi connectivity index (χ4n) is 2.63. The zero-order chi connectivity index (χ0) is 15.8. The number of carbonyl (C=O) groups excluding carboxylic acids is 1. The Labute approximate surface area is 120 Å². The van der Waals surface area contributed by atoms with Crippen LogP contribution in [0.15, 0.2) is 18.2 Å². The molecule has 1 aliphatic rings. The highest BCUT2D eigenvalue weighted by Gasteiger charge is 2.51. The molecule has 8 heteroatoms. The number of aliphatic carboxylic acids is 1. The maximum Gasteiger partial charge on any atom is 0.325 e. The Kier molecular flexibility index (Phi) is 3.54. The molecule has 0 amide bonds. The van der Waals surface area contributed by atoms with Crippen LogP contribution in [0.2, 0.25) is 0 Å². The van der Waals surface area contributed by atoms with Gasteiger partial charge >= 0.3 is 11.9 Å². The number of fused-ring (bicyclic) bond motifs is 1. The third kappa shape index (κ3) is 2.28. The molecule has 21 heavy (non-hydrogen) atoms. The van der Waals surface area contributed by atoms with Crippen LogP contribution in [-0.2, 0) is 20.7 Å². The number of benzene rings is 1. The van der Waals surface area contributed by atoms with Crippen molar-refractivity contribution in [2.75, 3.05) is 25.6 Å². The molecule has 0 bridgehead atoms. The van der Waals surface area contributed by atoms with Gasteiger partial charge in [-0.2, -0.15) is 0 Å². The lowest BCUT2D eigenvalue weighted by atomic mass is 9.77. The molecule has 1 aromatic rings. The van der Waals surface area contributed by atoms with E-state index >= 15 is 0 Å². The first-order valence-electron chi connectivity index (χ1n) is 6.12. The number of carbonyl (C=O) groups is 2. The summed E-state index contributed by atoms with van der Waals surface area (Å²) < 4.78 is 4.62. The highest BCUT2D eigenvalue weighted by Crippen LogP contribution is 2.38. The lowest BCUT2D eigenvalue weighted by Gasteiger charge is -2.38. The van der Waals surface area contributed by atoms with E-state index in [0.29, 0.717) is 11.3 Å². The topological polar surface area (TPSA) is 110 Å². The zero-order valence-corrected chi connectivity index (χ0v) is 11.5. The Balaban J connectivity index is 2.55. The van der Waals surface area contributed by atoms with Gasteiger partial charge in [-0.25, -0.2) is 0 Å². The number of carboxylic acids is 1. The Morgan fingerprint density at radius 1 is 1.48 bits per heavy atom. The molecule has 1 aliphatic heterocycles. The molecular weight excluding hydrogens is 280 g/mol. The SMILES string of the molecule is COC(=O)[C@@]1(C(=O)O)Cc2cc([N+](=O)[O-])ccc2N(C)C1. The summed E-state index contributed by atoms with van der Waals surface area (Å²) in [6.07, 6.45) is -0.143. The second-order valence-corrected chi connectivity index (χ2v) is 4.98. The number of ether oxygens (including phenoxy) is 1. The molecule has 0 saturated heterocycles. The lowest BCUT2D eigenvalue weighted by Crippen LogP contribution is -2.52. The fraction of sp³-hybridized carbons (Fsp3) is 0.385. The molecule has 0 aromatic heterocycles. The molecule has 0 aliphatic carbocycles. The molecule has 1 heterocycles. The van der Waals surface area contributed by atoms with Gasteiger partial charge in [0.25, 0.3) is 5.69 Å². The largest absolute Gasteiger partial charge is 0.480 e. The second-order valence-electron chi connectivity index (χ2n) is 4.98. The first kappa shape index (κ1) is 14.8. The van der Waals surface area contributed by atoms with Crippen molar-refractivity contribution in [2.45, 2.75) is 6.42 Å². The van der Waals surface area contributed by atoms with Gasteiger partial charge in [-0.15, -0.1) is 0 Å². The number of nitrogens with zero attached hydrogens (tertiary/aromatic N) is 2. The summed E-state index contributed by atoms with van der Waals surface area (Å²) in [4.78, 5) is 35.4. The van der Waals surface area contributed by atoms with E-state index in [2.05, 4.69) is 4.74 Å².